The summed E-state index contributed by atoms with van der Waals surface area (Å²) >= 11 is 0. The fraction of sp³-hybridized carbons (Fsp3) is 1.00. The van der Waals surface area contributed by atoms with Crippen molar-refractivity contribution in [1.82, 2.24) is 9.62 Å². The molecule has 0 spiro atoms. The lowest BCUT2D eigenvalue weighted by molar-refractivity contribution is 0.260. The van der Waals surface area contributed by atoms with Gasteiger partial charge in [0.15, 0.2) is 9.84 Å². The van der Waals surface area contributed by atoms with Gasteiger partial charge in [0.05, 0.1) is 16.8 Å². The van der Waals surface area contributed by atoms with Gasteiger partial charge in [0.2, 0.25) is 10.0 Å². The van der Waals surface area contributed by atoms with E-state index in [1.54, 1.807) is 4.31 Å². The van der Waals surface area contributed by atoms with E-state index >= 15 is 0 Å². The molecule has 0 aliphatic carbocycles. The molecule has 0 aromatic heterocycles. The van der Waals surface area contributed by atoms with Crippen LogP contribution < -0.4 is 5.32 Å². The van der Waals surface area contributed by atoms with Gasteiger partial charge >= 0.3 is 0 Å². The van der Waals surface area contributed by atoms with Gasteiger partial charge in [-0.3, -0.25) is 0 Å². The molecule has 2 aliphatic heterocycles. The Bertz CT molecular complexity index is 524. The lowest BCUT2D eigenvalue weighted by atomic mass is 10.1. The van der Waals surface area contributed by atoms with Crippen LogP contribution in [0.25, 0.3) is 0 Å². The summed E-state index contributed by atoms with van der Waals surface area (Å²) in [5.74, 6) is -0.205. The monoisotopic (exact) mass is 324 g/mol. The Balaban J connectivity index is 2.18. The fourth-order valence-electron chi connectivity index (χ4n) is 3.02. The second-order valence-corrected chi connectivity index (χ2v) is 10.1. The number of rotatable bonds is 5. The third-order valence-electron chi connectivity index (χ3n) is 4.10. The Morgan fingerprint density at radius 3 is 2.35 bits per heavy atom. The highest BCUT2D eigenvalue weighted by Gasteiger charge is 2.42. The standard InChI is InChI=1S/C12H24N2O4S2/c1-2-8-14(11-3-6-13-7-4-11)20(17,18)12-5-9-19(15,16)10-12/h11-13H,2-10H2,1H3. The topological polar surface area (TPSA) is 83.6 Å². The molecular formula is C12H24N2O4S2. The average molecular weight is 324 g/mol. The van der Waals surface area contributed by atoms with Crippen LogP contribution in [0.4, 0.5) is 0 Å². The number of nitrogens with zero attached hydrogens (tertiary/aromatic N) is 1. The van der Waals surface area contributed by atoms with Crippen molar-refractivity contribution in [3.8, 4) is 0 Å². The summed E-state index contributed by atoms with van der Waals surface area (Å²) < 4.78 is 50.2. The van der Waals surface area contributed by atoms with E-state index in [2.05, 4.69) is 5.32 Å². The van der Waals surface area contributed by atoms with Crippen molar-refractivity contribution in [2.75, 3.05) is 31.1 Å². The lowest BCUT2D eigenvalue weighted by Crippen LogP contribution is -2.49. The van der Waals surface area contributed by atoms with Crippen LogP contribution >= 0.6 is 0 Å². The molecule has 1 atom stereocenters. The van der Waals surface area contributed by atoms with Gasteiger partial charge in [0, 0.05) is 12.6 Å². The van der Waals surface area contributed by atoms with Crippen LogP contribution in [0.5, 0.6) is 0 Å². The summed E-state index contributed by atoms with van der Waals surface area (Å²) in [7, 11) is -6.68. The molecule has 118 valence electrons. The molecule has 2 fully saturated rings. The van der Waals surface area contributed by atoms with Crippen LogP contribution in [0.2, 0.25) is 0 Å². The highest BCUT2D eigenvalue weighted by molar-refractivity contribution is 7.95. The molecule has 0 saturated carbocycles. The first-order chi connectivity index (χ1) is 9.37. The Hall–Kier alpha value is -0.180. The third kappa shape index (κ3) is 3.52. The van der Waals surface area contributed by atoms with E-state index in [1.165, 1.54) is 0 Å². The van der Waals surface area contributed by atoms with Crippen LogP contribution in [-0.2, 0) is 19.9 Å². The molecule has 0 aromatic carbocycles. The molecule has 2 saturated heterocycles. The van der Waals surface area contributed by atoms with Crippen LogP contribution in [0.1, 0.15) is 32.6 Å². The first-order valence-corrected chi connectivity index (χ1v) is 10.6. The summed E-state index contributed by atoms with van der Waals surface area (Å²) in [6.07, 6.45) is 2.61. The molecule has 2 heterocycles. The van der Waals surface area contributed by atoms with Crippen molar-refractivity contribution in [3.63, 3.8) is 0 Å². The maximum Gasteiger partial charge on any atom is 0.218 e. The van der Waals surface area contributed by atoms with Crippen molar-refractivity contribution in [2.45, 2.75) is 43.9 Å². The first-order valence-electron chi connectivity index (χ1n) is 7.28. The predicted octanol–water partition coefficient (Wildman–Crippen LogP) is -0.0327. The minimum absolute atomic E-state index is 0.00306. The van der Waals surface area contributed by atoms with E-state index in [1.807, 2.05) is 6.92 Å². The molecule has 0 bridgehead atoms. The van der Waals surface area contributed by atoms with E-state index in [0.717, 1.165) is 32.4 Å². The second kappa shape index (κ2) is 6.29. The largest absolute Gasteiger partial charge is 0.317 e. The zero-order valence-electron chi connectivity index (χ0n) is 11.9. The zero-order chi connectivity index (χ0) is 14.8. The molecule has 0 amide bonds. The van der Waals surface area contributed by atoms with Gasteiger partial charge in [-0.25, -0.2) is 16.8 Å². The molecule has 1 unspecified atom stereocenters. The van der Waals surface area contributed by atoms with E-state index in [4.69, 9.17) is 0 Å². The summed E-state index contributed by atoms with van der Waals surface area (Å²) in [6, 6.07) is 0.0181. The van der Waals surface area contributed by atoms with Gasteiger partial charge in [-0.1, -0.05) is 6.92 Å². The molecule has 0 radical (unpaired) electrons. The summed E-state index contributed by atoms with van der Waals surface area (Å²) in [5.41, 5.74) is 0. The van der Waals surface area contributed by atoms with Crippen LogP contribution in [0.3, 0.4) is 0 Å². The highest BCUT2D eigenvalue weighted by atomic mass is 32.2. The highest BCUT2D eigenvalue weighted by Crippen LogP contribution is 2.26. The Morgan fingerprint density at radius 1 is 1.20 bits per heavy atom. The van der Waals surface area contributed by atoms with Crippen molar-refractivity contribution < 1.29 is 16.8 Å². The van der Waals surface area contributed by atoms with Gasteiger partial charge in [0.1, 0.15) is 0 Å². The van der Waals surface area contributed by atoms with E-state index in [-0.39, 0.29) is 24.0 Å². The second-order valence-electron chi connectivity index (χ2n) is 5.66. The lowest BCUT2D eigenvalue weighted by Gasteiger charge is -2.35. The Labute approximate surface area is 121 Å². The molecule has 0 aromatic rings. The van der Waals surface area contributed by atoms with Crippen molar-refractivity contribution >= 4 is 19.9 Å². The van der Waals surface area contributed by atoms with E-state index in [0.29, 0.717) is 6.54 Å². The van der Waals surface area contributed by atoms with E-state index < -0.39 is 25.1 Å². The normalized spacial score (nSPS) is 28.0. The maximum absolute atomic E-state index is 12.8. The van der Waals surface area contributed by atoms with Gasteiger partial charge in [0.25, 0.3) is 0 Å². The quantitative estimate of drug-likeness (QED) is 0.768. The summed E-state index contributed by atoms with van der Waals surface area (Å²) in [4.78, 5) is 0. The van der Waals surface area contributed by atoms with Crippen LogP contribution in [0.15, 0.2) is 0 Å². The van der Waals surface area contributed by atoms with Crippen molar-refractivity contribution in [3.05, 3.63) is 0 Å². The fourth-order valence-corrected chi connectivity index (χ4v) is 7.88. The van der Waals surface area contributed by atoms with Gasteiger partial charge in [-0.2, -0.15) is 4.31 Å². The number of piperidine rings is 1. The number of hydrogen-bond donors (Lipinski definition) is 1. The summed E-state index contributed by atoms with van der Waals surface area (Å²) in [5, 5.41) is 2.49. The molecular weight excluding hydrogens is 300 g/mol. The molecule has 6 nitrogen and oxygen atoms in total. The SMILES string of the molecule is CCCN(C1CCNCC1)S(=O)(=O)C1CCS(=O)(=O)C1. The van der Waals surface area contributed by atoms with Gasteiger partial charge < -0.3 is 5.32 Å². The molecule has 20 heavy (non-hydrogen) atoms. The predicted molar refractivity (Wildman–Crippen MR) is 78.9 cm³/mol. The van der Waals surface area contributed by atoms with Crippen molar-refractivity contribution in [1.29, 1.82) is 0 Å². The Kier molecular flexibility index (Phi) is 5.09. The summed E-state index contributed by atoms with van der Waals surface area (Å²) in [6.45, 7) is 4.09. The van der Waals surface area contributed by atoms with Gasteiger partial charge in [-0.05, 0) is 38.8 Å². The third-order valence-corrected chi connectivity index (χ3v) is 8.46. The first kappa shape index (κ1) is 16.2. The number of sulfone groups is 1. The zero-order valence-corrected chi connectivity index (χ0v) is 13.5. The Morgan fingerprint density at radius 2 is 1.85 bits per heavy atom. The minimum atomic E-state index is -3.51. The average Bonchev–Trinajstić information content (AvgIpc) is 2.78. The molecule has 1 N–H and O–H groups in total. The minimum Gasteiger partial charge on any atom is -0.317 e. The van der Waals surface area contributed by atoms with E-state index in [9.17, 15) is 16.8 Å². The molecule has 2 aliphatic rings. The molecule has 2 rings (SSSR count). The van der Waals surface area contributed by atoms with Crippen LogP contribution in [0, 0.1) is 0 Å². The van der Waals surface area contributed by atoms with Crippen molar-refractivity contribution in [2.24, 2.45) is 0 Å². The van der Waals surface area contributed by atoms with Crippen LogP contribution in [-0.4, -0.2) is 63.6 Å². The molecule has 8 heteroatoms. The van der Waals surface area contributed by atoms with Gasteiger partial charge in [-0.15, -0.1) is 0 Å². The number of nitrogens with one attached hydrogen (secondary N) is 1. The number of sulfonamides is 1. The smallest absolute Gasteiger partial charge is 0.218 e. The number of hydrogen-bond acceptors (Lipinski definition) is 5. The maximum atomic E-state index is 12.8.